The number of anilines is 2. The molecule has 1 N–H and O–H groups in total. The van der Waals surface area contributed by atoms with E-state index in [0.29, 0.717) is 56.9 Å². The third kappa shape index (κ3) is 6.12. The van der Waals surface area contributed by atoms with Crippen LogP contribution in [0.5, 0.6) is 0 Å². The molecule has 2 aromatic rings. The molecule has 4 rings (SSSR count). The average Bonchev–Trinajstić information content (AvgIpc) is 3.35. The average molecular weight is 509 g/mol. The van der Waals surface area contributed by atoms with Gasteiger partial charge in [-0.2, -0.15) is 0 Å². The molecule has 0 unspecified atom stereocenters. The Kier molecular flexibility index (Phi) is 8.79. The third-order valence-electron chi connectivity index (χ3n) is 7.50. The van der Waals surface area contributed by atoms with Gasteiger partial charge in [0.25, 0.3) is 11.8 Å². The summed E-state index contributed by atoms with van der Waals surface area (Å²) in [5.74, 6) is -0.866. The first-order valence-electron chi connectivity index (χ1n) is 13.5. The number of nitrogens with one attached hydrogen (secondary N) is 1. The van der Waals surface area contributed by atoms with Gasteiger partial charge in [0.1, 0.15) is 5.82 Å². The van der Waals surface area contributed by atoms with Gasteiger partial charge in [-0.25, -0.2) is 4.39 Å². The molecule has 37 heavy (non-hydrogen) atoms. The van der Waals surface area contributed by atoms with E-state index in [0.717, 1.165) is 31.4 Å². The second-order valence-corrected chi connectivity index (χ2v) is 9.79. The van der Waals surface area contributed by atoms with Crippen molar-refractivity contribution in [1.82, 2.24) is 9.80 Å². The Bertz CT molecular complexity index is 1130. The first kappa shape index (κ1) is 26.6. The molecule has 0 bridgehead atoms. The molecule has 2 aromatic carbocycles. The van der Waals surface area contributed by atoms with Crippen molar-refractivity contribution in [3.05, 3.63) is 59.4 Å². The number of rotatable bonds is 7. The van der Waals surface area contributed by atoms with Crippen LogP contribution >= 0.6 is 0 Å². The normalized spacial score (nSPS) is 16.4. The number of nitrogens with zero attached hydrogens (tertiary/aromatic N) is 3. The predicted molar refractivity (Wildman–Crippen MR) is 143 cm³/mol. The van der Waals surface area contributed by atoms with Crippen molar-refractivity contribution in [3.63, 3.8) is 0 Å². The fraction of sp³-hybridized carbons (Fsp3) is 0.483. The third-order valence-corrected chi connectivity index (χ3v) is 7.50. The van der Waals surface area contributed by atoms with E-state index in [1.54, 1.807) is 28.0 Å². The van der Waals surface area contributed by atoms with Crippen molar-refractivity contribution in [2.24, 2.45) is 5.92 Å². The second-order valence-electron chi connectivity index (χ2n) is 9.79. The Morgan fingerprint density at radius 1 is 0.919 bits per heavy atom. The second kappa shape index (κ2) is 12.2. The van der Waals surface area contributed by atoms with Gasteiger partial charge in [0, 0.05) is 56.6 Å². The maximum Gasteiger partial charge on any atom is 0.256 e. The lowest BCUT2D eigenvalue weighted by molar-refractivity contribution is -0.119. The zero-order valence-corrected chi connectivity index (χ0v) is 21.8. The van der Waals surface area contributed by atoms with Gasteiger partial charge in [-0.1, -0.05) is 25.0 Å². The number of hydrogen-bond acceptors (Lipinski definition) is 4. The molecule has 0 aromatic heterocycles. The lowest BCUT2D eigenvalue weighted by Gasteiger charge is -2.28. The summed E-state index contributed by atoms with van der Waals surface area (Å²) in [6, 6.07) is 11.6. The maximum absolute atomic E-state index is 14.2. The summed E-state index contributed by atoms with van der Waals surface area (Å²) in [4.78, 5) is 44.8. The zero-order valence-electron chi connectivity index (χ0n) is 21.8. The zero-order chi connectivity index (χ0) is 26.4. The van der Waals surface area contributed by atoms with Crippen molar-refractivity contribution in [2.75, 3.05) is 49.5 Å². The molecule has 3 amide bonds. The minimum absolute atomic E-state index is 0.0172. The fourth-order valence-corrected chi connectivity index (χ4v) is 5.34. The van der Waals surface area contributed by atoms with Gasteiger partial charge in [-0.3, -0.25) is 14.4 Å². The Hall–Kier alpha value is -3.42. The van der Waals surface area contributed by atoms with E-state index in [-0.39, 0.29) is 29.2 Å². The van der Waals surface area contributed by atoms with Crippen LogP contribution in [0, 0.1) is 11.7 Å². The molecule has 1 aliphatic heterocycles. The van der Waals surface area contributed by atoms with Gasteiger partial charge in [-0.05, 0) is 63.4 Å². The summed E-state index contributed by atoms with van der Waals surface area (Å²) in [5.41, 5.74) is 2.04. The van der Waals surface area contributed by atoms with Crippen molar-refractivity contribution in [1.29, 1.82) is 0 Å². The van der Waals surface area contributed by atoms with Crippen LogP contribution in [0.1, 0.15) is 66.7 Å². The van der Waals surface area contributed by atoms with E-state index < -0.39 is 5.82 Å². The first-order chi connectivity index (χ1) is 17.9. The van der Waals surface area contributed by atoms with Crippen molar-refractivity contribution in [2.45, 2.75) is 46.0 Å². The highest BCUT2D eigenvalue weighted by molar-refractivity contribution is 6.02. The summed E-state index contributed by atoms with van der Waals surface area (Å²) >= 11 is 0. The molecule has 0 spiro atoms. The van der Waals surface area contributed by atoms with E-state index in [9.17, 15) is 18.8 Å². The van der Waals surface area contributed by atoms with Crippen LogP contribution in [0.2, 0.25) is 0 Å². The summed E-state index contributed by atoms with van der Waals surface area (Å²) in [6.07, 6.45) is 4.66. The Morgan fingerprint density at radius 2 is 1.65 bits per heavy atom. The topological polar surface area (TPSA) is 73.0 Å². The molecule has 0 atom stereocenters. The fourth-order valence-electron chi connectivity index (χ4n) is 5.34. The van der Waals surface area contributed by atoms with Crippen LogP contribution < -0.4 is 10.2 Å². The minimum atomic E-state index is -0.518. The number of carbonyl (C=O) groups excluding carboxylic acids is 3. The van der Waals surface area contributed by atoms with Crippen LogP contribution in [0.4, 0.5) is 15.8 Å². The number of halogens is 1. The van der Waals surface area contributed by atoms with Crippen molar-refractivity contribution in [3.8, 4) is 0 Å². The van der Waals surface area contributed by atoms with E-state index >= 15 is 0 Å². The van der Waals surface area contributed by atoms with E-state index in [1.807, 2.05) is 26.0 Å². The summed E-state index contributed by atoms with van der Waals surface area (Å²) in [5, 5.41) is 3.03. The summed E-state index contributed by atoms with van der Waals surface area (Å²) in [6.45, 7) is 7.18. The number of benzene rings is 2. The molecule has 7 nitrogen and oxygen atoms in total. The molecule has 198 valence electrons. The summed E-state index contributed by atoms with van der Waals surface area (Å²) < 4.78 is 14.2. The highest BCUT2D eigenvalue weighted by atomic mass is 19.1. The lowest BCUT2D eigenvalue weighted by atomic mass is 10.1. The molecule has 2 fully saturated rings. The Labute approximate surface area is 218 Å². The van der Waals surface area contributed by atoms with Crippen LogP contribution in [0.3, 0.4) is 0 Å². The molecular formula is C29H37FN4O3. The SMILES string of the molecule is CCN(CC)C(=O)c1cc(NC(=O)C2CCCC2)ccc1N1CCCN(C(=O)c2ccccc2F)CC1. The van der Waals surface area contributed by atoms with Crippen LogP contribution in [0.15, 0.2) is 42.5 Å². The Balaban J connectivity index is 1.56. The van der Waals surface area contributed by atoms with Crippen LogP contribution in [0.25, 0.3) is 0 Å². The maximum atomic E-state index is 14.2. The smallest absolute Gasteiger partial charge is 0.256 e. The van der Waals surface area contributed by atoms with E-state index in [2.05, 4.69) is 10.2 Å². The van der Waals surface area contributed by atoms with Crippen LogP contribution in [-0.2, 0) is 4.79 Å². The quantitative estimate of drug-likeness (QED) is 0.584. The van der Waals surface area contributed by atoms with Crippen molar-refractivity contribution < 1.29 is 18.8 Å². The predicted octanol–water partition coefficient (Wildman–Crippen LogP) is 4.79. The molecule has 2 aliphatic rings. The minimum Gasteiger partial charge on any atom is -0.369 e. The van der Waals surface area contributed by atoms with Gasteiger partial charge in [0.2, 0.25) is 5.91 Å². The summed E-state index contributed by atoms with van der Waals surface area (Å²) in [7, 11) is 0. The first-order valence-corrected chi connectivity index (χ1v) is 13.5. The standard InChI is InChI=1S/C29H37FN4O3/c1-3-32(4-2)29(37)24-20-22(31-27(35)21-10-5-6-11-21)14-15-26(24)33-16-9-17-34(19-18-33)28(36)23-12-7-8-13-25(23)30/h7-8,12-15,20-21H,3-6,9-11,16-19H2,1-2H3,(H,31,35). The van der Waals surface area contributed by atoms with Gasteiger partial charge < -0.3 is 20.0 Å². The van der Waals surface area contributed by atoms with Gasteiger partial charge in [0.05, 0.1) is 11.1 Å². The monoisotopic (exact) mass is 508 g/mol. The highest BCUT2D eigenvalue weighted by Gasteiger charge is 2.27. The largest absolute Gasteiger partial charge is 0.369 e. The number of amides is 3. The van der Waals surface area contributed by atoms with E-state index in [1.165, 1.54) is 12.1 Å². The van der Waals surface area contributed by atoms with E-state index in [4.69, 9.17) is 0 Å². The Morgan fingerprint density at radius 3 is 2.35 bits per heavy atom. The lowest BCUT2D eigenvalue weighted by Crippen LogP contribution is -2.37. The molecule has 1 heterocycles. The molecular weight excluding hydrogens is 471 g/mol. The van der Waals surface area contributed by atoms with Gasteiger partial charge in [-0.15, -0.1) is 0 Å². The number of hydrogen-bond donors (Lipinski definition) is 1. The van der Waals surface area contributed by atoms with Crippen molar-refractivity contribution >= 4 is 29.1 Å². The van der Waals surface area contributed by atoms with Gasteiger partial charge in [0.15, 0.2) is 0 Å². The molecule has 1 aliphatic carbocycles. The van der Waals surface area contributed by atoms with Crippen LogP contribution in [-0.4, -0.2) is 66.8 Å². The molecule has 1 saturated carbocycles. The van der Waals surface area contributed by atoms with Gasteiger partial charge >= 0.3 is 0 Å². The highest BCUT2D eigenvalue weighted by Crippen LogP contribution is 2.30. The molecule has 0 radical (unpaired) electrons. The molecule has 1 saturated heterocycles. The molecule has 8 heteroatoms. The number of carbonyl (C=O) groups is 3.